The average Bonchev–Trinajstić information content (AvgIpc) is 2.97. The fourth-order valence-electron chi connectivity index (χ4n) is 4.36. The van der Waals surface area contributed by atoms with Crippen LogP contribution >= 0.6 is 0 Å². The van der Waals surface area contributed by atoms with Gasteiger partial charge in [-0.05, 0) is 58.7 Å². The Kier molecular flexibility index (Phi) is 7.61. The van der Waals surface area contributed by atoms with Crippen LogP contribution in [0.15, 0.2) is 102 Å². The molecule has 8 nitrogen and oxygen atoms in total. The van der Waals surface area contributed by atoms with E-state index in [1.54, 1.807) is 36.5 Å². The van der Waals surface area contributed by atoms with Gasteiger partial charge in [-0.3, -0.25) is 9.78 Å². The third kappa shape index (κ3) is 5.94. The SMILES string of the molecule is N#Cc1ccc(CNC(=O)c2cccc3cc(CCNNS(=O)(=O)c4cccc5cccnc45)ccc23)cc1. The van der Waals surface area contributed by atoms with E-state index in [1.807, 2.05) is 54.6 Å². The quantitative estimate of drug-likeness (QED) is 0.192. The summed E-state index contributed by atoms with van der Waals surface area (Å²) in [4.78, 5) is 19.7. The predicted octanol–water partition coefficient (Wildman–Crippen LogP) is 4.22. The van der Waals surface area contributed by atoms with Gasteiger partial charge in [-0.25, -0.2) is 13.8 Å². The molecular formula is C30H25N5O3S. The molecule has 0 radical (unpaired) electrons. The van der Waals surface area contributed by atoms with E-state index in [9.17, 15) is 13.2 Å². The maximum absolute atomic E-state index is 12.9. The first-order valence-electron chi connectivity index (χ1n) is 12.3. The van der Waals surface area contributed by atoms with Gasteiger partial charge in [0.2, 0.25) is 0 Å². The molecule has 0 aliphatic rings. The number of hydrogen-bond acceptors (Lipinski definition) is 6. The van der Waals surface area contributed by atoms with Crippen LogP contribution in [0.5, 0.6) is 0 Å². The molecule has 0 fully saturated rings. The van der Waals surface area contributed by atoms with Crippen molar-refractivity contribution in [3.63, 3.8) is 0 Å². The van der Waals surface area contributed by atoms with Crippen molar-refractivity contribution >= 4 is 37.6 Å². The fraction of sp³-hybridized carbons (Fsp3) is 0.100. The van der Waals surface area contributed by atoms with Gasteiger partial charge in [-0.2, -0.15) is 5.26 Å². The van der Waals surface area contributed by atoms with Gasteiger partial charge < -0.3 is 5.32 Å². The Morgan fingerprint density at radius 1 is 0.872 bits per heavy atom. The number of carbonyl (C=O) groups is 1. The number of benzene rings is 4. The molecule has 0 saturated heterocycles. The van der Waals surface area contributed by atoms with Gasteiger partial charge in [-0.1, -0.05) is 60.7 Å². The van der Waals surface area contributed by atoms with Crippen LogP contribution in [0.2, 0.25) is 0 Å². The lowest BCUT2D eigenvalue weighted by Crippen LogP contribution is -2.38. The van der Waals surface area contributed by atoms with Crippen molar-refractivity contribution in [2.45, 2.75) is 17.9 Å². The molecule has 0 bridgehead atoms. The molecule has 5 rings (SSSR count). The second kappa shape index (κ2) is 11.4. The molecule has 39 heavy (non-hydrogen) atoms. The fourth-order valence-corrected chi connectivity index (χ4v) is 5.45. The van der Waals surface area contributed by atoms with Crippen LogP contribution in [0.4, 0.5) is 0 Å². The van der Waals surface area contributed by atoms with Gasteiger partial charge in [0.05, 0.1) is 17.1 Å². The summed E-state index contributed by atoms with van der Waals surface area (Å²) in [5.74, 6) is -0.184. The Morgan fingerprint density at radius 3 is 2.44 bits per heavy atom. The number of para-hydroxylation sites is 1. The molecule has 194 valence electrons. The van der Waals surface area contributed by atoms with Crippen LogP contribution in [0.3, 0.4) is 0 Å². The Balaban J connectivity index is 1.21. The van der Waals surface area contributed by atoms with Gasteiger partial charge in [0, 0.05) is 30.2 Å². The highest BCUT2D eigenvalue weighted by atomic mass is 32.2. The number of carbonyl (C=O) groups excluding carboxylic acids is 1. The number of rotatable bonds is 9. The molecule has 1 amide bonds. The molecule has 1 heterocycles. The van der Waals surface area contributed by atoms with Crippen molar-refractivity contribution in [1.82, 2.24) is 20.6 Å². The topological polar surface area (TPSA) is 124 Å². The van der Waals surface area contributed by atoms with E-state index in [-0.39, 0.29) is 10.8 Å². The maximum atomic E-state index is 12.9. The van der Waals surface area contributed by atoms with E-state index in [2.05, 4.69) is 26.6 Å². The molecule has 0 aliphatic heterocycles. The maximum Gasteiger partial charge on any atom is 0.255 e. The van der Waals surface area contributed by atoms with Crippen LogP contribution in [0.25, 0.3) is 21.7 Å². The zero-order valence-corrected chi connectivity index (χ0v) is 21.7. The Labute approximate surface area is 226 Å². The molecule has 0 spiro atoms. The Bertz CT molecular complexity index is 1810. The van der Waals surface area contributed by atoms with Crippen molar-refractivity contribution in [2.24, 2.45) is 0 Å². The molecule has 1 aromatic heterocycles. The van der Waals surface area contributed by atoms with Crippen molar-refractivity contribution in [2.75, 3.05) is 6.54 Å². The molecule has 0 aliphatic carbocycles. The first kappa shape index (κ1) is 26.0. The highest BCUT2D eigenvalue weighted by molar-refractivity contribution is 7.89. The molecular weight excluding hydrogens is 510 g/mol. The molecule has 0 unspecified atom stereocenters. The van der Waals surface area contributed by atoms with Crippen LogP contribution < -0.4 is 15.6 Å². The van der Waals surface area contributed by atoms with E-state index in [1.165, 1.54) is 6.07 Å². The van der Waals surface area contributed by atoms with E-state index in [0.717, 1.165) is 27.3 Å². The number of fused-ring (bicyclic) bond motifs is 2. The lowest BCUT2D eigenvalue weighted by Gasteiger charge is -2.11. The number of hydrazine groups is 1. The summed E-state index contributed by atoms with van der Waals surface area (Å²) in [6.45, 7) is 0.725. The molecule has 3 N–H and O–H groups in total. The normalized spacial score (nSPS) is 11.4. The lowest BCUT2D eigenvalue weighted by atomic mass is 10.0. The number of hydrogen-bond donors (Lipinski definition) is 3. The zero-order chi connectivity index (χ0) is 27.2. The van der Waals surface area contributed by atoms with Gasteiger partial charge >= 0.3 is 0 Å². The molecule has 5 aromatic rings. The monoisotopic (exact) mass is 535 g/mol. The largest absolute Gasteiger partial charge is 0.348 e. The first-order valence-corrected chi connectivity index (χ1v) is 13.8. The Hall–Kier alpha value is -4.62. The summed E-state index contributed by atoms with van der Waals surface area (Å²) in [5, 5.41) is 14.4. The van der Waals surface area contributed by atoms with E-state index in [0.29, 0.717) is 36.2 Å². The number of nitrogens with one attached hydrogen (secondary N) is 3. The van der Waals surface area contributed by atoms with Crippen LogP contribution in [0.1, 0.15) is 27.0 Å². The zero-order valence-electron chi connectivity index (χ0n) is 20.9. The molecule has 0 atom stereocenters. The summed E-state index contributed by atoms with van der Waals surface area (Å²) in [5.41, 5.74) is 6.27. The summed E-state index contributed by atoms with van der Waals surface area (Å²) in [6.07, 6.45) is 2.14. The standard InChI is InChI=1S/C30H25N5O3S/c31-19-22-9-11-23(12-10-22)20-33-30(36)27-7-1-5-25-18-21(13-14-26(25)27)15-17-34-35-39(37,38)28-8-2-4-24-6-3-16-32-29(24)28/h1-14,16,18,34-35H,15,17,20H2,(H,33,36). The van der Waals surface area contributed by atoms with E-state index < -0.39 is 10.0 Å². The summed E-state index contributed by atoms with van der Waals surface area (Å²) in [7, 11) is -3.80. The van der Waals surface area contributed by atoms with Gasteiger partial charge in [0.1, 0.15) is 4.90 Å². The Morgan fingerprint density at radius 2 is 1.62 bits per heavy atom. The first-order chi connectivity index (χ1) is 18.9. The van der Waals surface area contributed by atoms with Crippen molar-refractivity contribution in [3.8, 4) is 6.07 Å². The van der Waals surface area contributed by atoms with Crippen LogP contribution in [0, 0.1) is 11.3 Å². The highest BCUT2D eigenvalue weighted by Crippen LogP contribution is 2.22. The number of sulfonamides is 1. The second-order valence-corrected chi connectivity index (χ2v) is 10.6. The third-order valence-corrected chi connectivity index (χ3v) is 7.68. The second-order valence-electron chi connectivity index (χ2n) is 8.97. The number of pyridine rings is 1. The van der Waals surface area contributed by atoms with E-state index >= 15 is 0 Å². The van der Waals surface area contributed by atoms with Gasteiger partial charge in [0.15, 0.2) is 0 Å². The van der Waals surface area contributed by atoms with Gasteiger partial charge in [-0.15, -0.1) is 4.83 Å². The summed E-state index contributed by atoms with van der Waals surface area (Å²) in [6, 6.07) is 29.2. The van der Waals surface area contributed by atoms with Crippen LogP contribution in [-0.2, 0) is 23.0 Å². The average molecular weight is 536 g/mol. The van der Waals surface area contributed by atoms with Gasteiger partial charge in [0.25, 0.3) is 15.9 Å². The van der Waals surface area contributed by atoms with E-state index in [4.69, 9.17) is 5.26 Å². The van der Waals surface area contributed by atoms with Crippen LogP contribution in [-0.4, -0.2) is 25.9 Å². The minimum absolute atomic E-state index is 0.115. The number of aromatic nitrogens is 1. The minimum Gasteiger partial charge on any atom is -0.348 e. The third-order valence-electron chi connectivity index (χ3n) is 6.36. The number of amides is 1. The predicted molar refractivity (Wildman–Crippen MR) is 150 cm³/mol. The smallest absolute Gasteiger partial charge is 0.255 e. The molecule has 9 heteroatoms. The van der Waals surface area contributed by atoms with Crippen molar-refractivity contribution in [1.29, 1.82) is 5.26 Å². The molecule has 0 saturated carbocycles. The lowest BCUT2D eigenvalue weighted by molar-refractivity contribution is 0.0952. The number of nitriles is 1. The van der Waals surface area contributed by atoms with Crippen molar-refractivity contribution in [3.05, 3.63) is 119 Å². The summed E-state index contributed by atoms with van der Waals surface area (Å²) < 4.78 is 25.7. The number of nitrogens with zero attached hydrogens (tertiary/aromatic N) is 2. The van der Waals surface area contributed by atoms with Crippen molar-refractivity contribution < 1.29 is 13.2 Å². The summed E-state index contributed by atoms with van der Waals surface area (Å²) >= 11 is 0. The minimum atomic E-state index is -3.80. The highest BCUT2D eigenvalue weighted by Gasteiger charge is 2.17. The molecule has 4 aromatic carbocycles.